The third-order valence-electron chi connectivity index (χ3n) is 2.05. The Morgan fingerprint density at radius 1 is 1.38 bits per heavy atom. The molecule has 1 aromatic carbocycles. The van der Waals surface area contributed by atoms with Gasteiger partial charge in [0.1, 0.15) is 0 Å². The third kappa shape index (κ3) is 3.65. The minimum absolute atomic E-state index is 0.0829. The zero-order chi connectivity index (χ0) is 12.0. The van der Waals surface area contributed by atoms with Gasteiger partial charge in [-0.1, -0.05) is 18.7 Å². The Morgan fingerprint density at radius 3 is 2.69 bits per heavy atom. The van der Waals surface area contributed by atoms with Crippen molar-refractivity contribution in [3.63, 3.8) is 0 Å². The van der Waals surface area contributed by atoms with Gasteiger partial charge in [0.2, 0.25) is 0 Å². The summed E-state index contributed by atoms with van der Waals surface area (Å²) in [5.41, 5.74) is 0.167. The van der Waals surface area contributed by atoms with Gasteiger partial charge in [-0.05, 0) is 25.0 Å². The van der Waals surface area contributed by atoms with Gasteiger partial charge in [0, 0.05) is 5.57 Å². The van der Waals surface area contributed by atoms with E-state index in [9.17, 15) is 9.90 Å². The first kappa shape index (κ1) is 12.1. The van der Waals surface area contributed by atoms with Crippen molar-refractivity contribution in [2.45, 2.75) is 12.8 Å². The summed E-state index contributed by atoms with van der Waals surface area (Å²) >= 11 is 0. The first-order valence-corrected chi connectivity index (χ1v) is 4.93. The molecular formula is C12H14O4. The molecule has 0 amide bonds. The van der Waals surface area contributed by atoms with Crippen molar-refractivity contribution >= 4 is 5.97 Å². The van der Waals surface area contributed by atoms with E-state index in [2.05, 4.69) is 6.58 Å². The third-order valence-corrected chi connectivity index (χ3v) is 2.05. The number of aliphatic carboxylic acids is 1. The summed E-state index contributed by atoms with van der Waals surface area (Å²) in [6.07, 6.45) is 0.933. The van der Waals surface area contributed by atoms with E-state index in [0.717, 1.165) is 0 Å². The van der Waals surface area contributed by atoms with E-state index in [1.54, 1.807) is 18.2 Å². The summed E-state index contributed by atoms with van der Waals surface area (Å²) in [4.78, 5) is 10.4. The highest BCUT2D eigenvalue weighted by Gasteiger charge is 2.04. The normalized spacial score (nSPS) is 9.75. The van der Waals surface area contributed by atoms with Gasteiger partial charge in [-0.2, -0.15) is 0 Å². The van der Waals surface area contributed by atoms with E-state index in [0.29, 0.717) is 25.2 Å². The van der Waals surface area contributed by atoms with Crippen LogP contribution in [-0.4, -0.2) is 22.8 Å². The number of ether oxygens (including phenoxy) is 1. The van der Waals surface area contributed by atoms with Crippen LogP contribution in [0.2, 0.25) is 0 Å². The van der Waals surface area contributed by atoms with Gasteiger partial charge in [0.25, 0.3) is 0 Å². The van der Waals surface area contributed by atoms with Crippen molar-refractivity contribution in [1.29, 1.82) is 0 Å². The summed E-state index contributed by atoms with van der Waals surface area (Å²) in [6, 6.07) is 6.65. The number of carbonyl (C=O) groups is 1. The van der Waals surface area contributed by atoms with Gasteiger partial charge < -0.3 is 14.9 Å². The summed E-state index contributed by atoms with van der Waals surface area (Å²) in [5.74, 6) is -0.495. The van der Waals surface area contributed by atoms with E-state index in [1.165, 1.54) is 6.07 Å². The molecule has 0 atom stereocenters. The SMILES string of the molecule is C=C(CCCOc1ccccc1O)C(=O)O. The number of carboxylic acids is 1. The molecular weight excluding hydrogens is 208 g/mol. The average Bonchev–Trinajstić information content (AvgIpc) is 2.26. The maximum absolute atomic E-state index is 10.4. The summed E-state index contributed by atoms with van der Waals surface area (Å²) in [7, 11) is 0. The number of para-hydroxylation sites is 2. The number of phenols is 1. The lowest BCUT2D eigenvalue weighted by Crippen LogP contribution is -2.03. The minimum Gasteiger partial charge on any atom is -0.504 e. The second-order valence-electron chi connectivity index (χ2n) is 3.33. The average molecular weight is 222 g/mol. The van der Waals surface area contributed by atoms with Crippen LogP contribution >= 0.6 is 0 Å². The molecule has 0 heterocycles. The van der Waals surface area contributed by atoms with Gasteiger partial charge in [0.05, 0.1) is 6.61 Å². The molecule has 0 aliphatic rings. The molecule has 0 aromatic heterocycles. The highest BCUT2D eigenvalue weighted by Crippen LogP contribution is 2.24. The van der Waals surface area contributed by atoms with Gasteiger partial charge in [-0.15, -0.1) is 0 Å². The number of phenolic OH excluding ortho intramolecular Hbond substituents is 1. The molecule has 0 saturated heterocycles. The zero-order valence-electron chi connectivity index (χ0n) is 8.85. The van der Waals surface area contributed by atoms with E-state index in [-0.39, 0.29) is 11.3 Å². The van der Waals surface area contributed by atoms with Gasteiger partial charge in [-0.3, -0.25) is 0 Å². The van der Waals surface area contributed by atoms with E-state index in [1.807, 2.05) is 0 Å². The molecule has 0 aliphatic carbocycles. The fraction of sp³-hybridized carbons (Fsp3) is 0.250. The largest absolute Gasteiger partial charge is 0.504 e. The molecule has 1 rings (SSSR count). The molecule has 0 unspecified atom stereocenters. The molecule has 4 nitrogen and oxygen atoms in total. The Bertz CT molecular complexity index is 384. The number of benzene rings is 1. The van der Waals surface area contributed by atoms with Crippen molar-refractivity contribution in [3.05, 3.63) is 36.4 Å². The lowest BCUT2D eigenvalue weighted by atomic mass is 10.2. The second-order valence-corrected chi connectivity index (χ2v) is 3.33. The monoisotopic (exact) mass is 222 g/mol. The molecule has 0 fully saturated rings. The van der Waals surface area contributed by atoms with Crippen molar-refractivity contribution in [2.24, 2.45) is 0 Å². The number of hydrogen-bond donors (Lipinski definition) is 2. The van der Waals surface area contributed by atoms with Gasteiger partial charge in [0.15, 0.2) is 11.5 Å². The number of hydrogen-bond acceptors (Lipinski definition) is 3. The Hall–Kier alpha value is -1.97. The molecule has 0 spiro atoms. The zero-order valence-corrected chi connectivity index (χ0v) is 8.85. The maximum Gasteiger partial charge on any atom is 0.330 e. The van der Waals surface area contributed by atoms with Crippen LogP contribution in [0.15, 0.2) is 36.4 Å². The van der Waals surface area contributed by atoms with E-state index >= 15 is 0 Å². The Labute approximate surface area is 93.8 Å². The molecule has 1 aromatic rings. The lowest BCUT2D eigenvalue weighted by molar-refractivity contribution is -0.132. The molecule has 0 bridgehead atoms. The Morgan fingerprint density at radius 2 is 2.06 bits per heavy atom. The fourth-order valence-corrected chi connectivity index (χ4v) is 1.15. The van der Waals surface area contributed by atoms with Crippen LogP contribution in [0, 0.1) is 0 Å². The predicted molar refractivity (Wildman–Crippen MR) is 59.6 cm³/mol. The Balaban J connectivity index is 2.29. The standard InChI is InChI=1S/C12H14O4/c1-9(12(14)15)5-4-8-16-11-7-3-2-6-10(11)13/h2-3,6-7,13H,1,4-5,8H2,(H,14,15). The first-order chi connectivity index (χ1) is 7.61. The van der Waals surface area contributed by atoms with Crippen LogP contribution < -0.4 is 4.74 Å². The van der Waals surface area contributed by atoms with Crippen molar-refractivity contribution in [2.75, 3.05) is 6.61 Å². The highest BCUT2D eigenvalue weighted by molar-refractivity contribution is 5.85. The van der Waals surface area contributed by atoms with Crippen LogP contribution in [-0.2, 0) is 4.79 Å². The maximum atomic E-state index is 10.4. The molecule has 4 heteroatoms. The topological polar surface area (TPSA) is 66.8 Å². The van der Waals surface area contributed by atoms with Crippen molar-refractivity contribution in [1.82, 2.24) is 0 Å². The first-order valence-electron chi connectivity index (χ1n) is 4.93. The van der Waals surface area contributed by atoms with E-state index in [4.69, 9.17) is 9.84 Å². The quantitative estimate of drug-likeness (QED) is 0.572. The highest BCUT2D eigenvalue weighted by atomic mass is 16.5. The van der Waals surface area contributed by atoms with Crippen molar-refractivity contribution < 1.29 is 19.7 Å². The smallest absolute Gasteiger partial charge is 0.330 e. The second kappa shape index (κ2) is 5.80. The lowest BCUT2D eigenvalue weighted by Gasteiger charge is -2.07. The summed E-state index contributed by atoms with van der Waals surface area (Å²) in [5, 5.41) is 17.9. The van der Waals surface area contributed by atoms with Crippen LogP contribution in [0.25, 0.3) is 0 Å². The van der Waals surface area contributed by atoms with Crippen LogP contribution in [0.3, 0.4) is 0 Å². The molecule has 0 saturated carbocycles. The van der Waals surface area contributed by atoms with Gasteiger partial charge in [-0.25, -0.2) is 4.79 Å². The molecule has 0 radical (unpaired) electrons. The molecule has 86 valence electrons. The number of carboxylic acid groups (broad SMARTS) is 1. The van der Waals surface area contributed by atoms with Crippen LogP contribution in [0.5, 0.6) is 11.5 Å². The molecule has 0 aliphatic heterocycles. The number of rotatable bonds is 6. The number of aromatic hydroxyl groups is 1. The molecule has 16 heavy (non-hydrogen) atoms. The van der Waals surface area contributed by atoms with Crippen LogP contribution in [0.1, 0.15) is 12.8 Å². The fourth-order valence-electron chi connectivity index (χ4n) is 1.15. The van der Waals surface area contributed by atoms with Crippen LogP contribution in [0.4, 0.5) is 0 Å². The summed E-state index contributed by atoms with van der Waals surface area (Å²) < 4.78 is 5.28. The molecule has 2 N–H and O–H groups in total. The minimum atomic E-state index is -0.984. The van der Waals surface area contributed by atoms with E-state index < -0.39 is 5.97 Å². The Kier molecular flexibility index (Phi) is 4.39. The predicted octanol–water partition coefficient (Wildman–Crippen LogP) is 2.19. The van der Waals surface area contributed by atoms with Gasteiger partial charge >= 0.3 is 5.97 Å². The van der Waals surface area contributed by atoms with Crippen molar-refractivity contribution in [3.8, 4) is 11.5 Å². The summed E-state index contributed by atoms with van der Waals surface area (Å²) in [6.45, 7) is 3.76.